The van der Waals surface area contributed by atoms with E-state index in [1.807, 2.05) is 30.3 Å². The number of thiophene rings is 1. The summed E-state index contributed by atoms with van der Waals surface area (Å²) in [6, 6.07) is 21.5. The van der Waals surface area contributed by atoms with Gasteiger partial charge in [0.1, 0.15) is 4.21 Å². The zero-order valence-electron chi connectivity index (χ0n) is 15.2. The summed E-state index contributed by atoms with van der Waals surface area (Å²) in [5.74, 6) is 0. The van der Waals surface area contributed by atoms with E-state index in [4.69, 9.17) is 0 Å². The average molecular weight is 523 g/mol. The Morgan fingerprint density at radius 2 is 1.40 bits per heavy atom. The molecular formula is C20H15BrN2O4S3. The van der Waals surface area contributed by atoms with Crippen LogP contribution in [-0.2, 0) is 20.0 Å². The molecule has 0 aliphatic heterocycles. The van der Waals surface area contributed by atoms with Crippen molar-refractivity contribution in [1.29, 1.82) is 0 Å². The fourth-order valence-electron chi connectivity index (χ4n) is 2.87. The van der Waals surface area contributed by atoms with Gasteiger partial charge in [-0.25, -0.2) is 16.8 Å². The predicted octanol–water partition coefficient (Wildman–Crippen LogP) is 5.27. The maximum Gasteiger partial charge on any atom is 0.271 e. The second-order valence-corrected chi connectivity index (χ2v) is 12.4. The first kappa shape index (κ1) is 20.9. The number of sulfonamides is 2. The molecule has 0 saturated carbocycles. The Kier molecular flexibility index (Phi) is 5.58. The molecule has 0 unspecified atom stereocenters. The molecule has 0 fully saturated rings. The minimum atomic E-state index is -3.85. The van der Waals surface area contributed by atoms with Crippen molar-refractivity contribution in [1.82, 2.24) is 0 Å². The number of nitrogens with one attached hydrogen (secondary N) is 2. The quantitative estimate of drug-likeness (QED) is 0.361. The maximum atomic E-state index is 12.8. The van der Waals surface area contributed by atoms with Crippen molar-refractivity contribution in [2.75, 3.05) is 9.44 Å². The van der Waals surface area contributed by atoms with E-state index in [9.17, 15) is 16.8 Å². The van der Waals surface area contributed by atoms with Crippen LogP contribution in [0.25, 0.3) is 10.8 Å². The Hall–Kier alpha value is -2.40. The molecule has 154 valence electrons. The SMILES string of the molecule is O=S(=O)(Nc1cccc2ccccc12)c1ccc(NS(=O)(=O)c2ccc(Br)s2)cc1. The van der Waals surface area contributed by atoms with Crippen LogP contribution in [0.4, 0.5) is 11.4 Å². The molecule has 0 aliphatic carbocycles. The summed E-state index contributed by atoms with van der Waals surface area (Å²) in [4.78, 5) is 0.0252. The third-order valence-corrected chi connectivity index (χ3v) is 9.14. The molecule has 0 radical (unpaired) electrons. The van der Waals surface area contributed by atoms with Crippen LogP contribution >= 0.6 is 27.3 Å². The highest BCUT2D eigenvalue weighted by atomic mass is 79.9. The van der Waals surface area contributed by atoms with Crippen LogP contribution in [0.1, 0.15) is 0 Å². The molecular weight excluding hydrogens is 508 g/mol. The van der Waals surface area contributed by atoms with Gasteiger partial charge in [0.2, 0.25) is 0 Å². The highest BCUT2D eigenvalue weighted by molar-refractivity contribution is 9.11. The second kappa shape index (κ2) is 8.03. The van der Waals surface area contributed by atoms with Crippen molar-refractivity contribution < 1.29 is 16.8 Å². The lowest BCUT2D eigenvalue weighted by Gasteiger charge is -2.12. The number of anilines is 2. The number of rotatable bonds is 6. The average Bonchev–Trinajstić information content (AvgIpc) is 3.16. The highest BCUT2D eigenvalue weighted by Gasteiger charge is 2.19. The molecule has 4 rings (SSSR count). The molecule has 30 heavy (non-hydrogen) atoms. The fourth-order valence-corrected chi connectivity index (χ4v) is 7.02. The number of benzene rings is 3. The van der Waals surface area contributed by atoms with Gasteiger partial charge in [0.15, 0.2) is 0 Å². The maximum absolute atomic E-state index is 12.8. The van der Waals surface area contributed by atoms with Crippen LogP contribution in [0.2, 0.25) is 0 Å². The topological polar surface area (TPSA) is 92.3 Å². The van der Waals surface area contributed by atoms with Gasteiger partial charge in [-0.15, -0.1) is 11.3 Å². The largest absolute Gasteiger partial charge is 0.279 e. The normalized spacial score (nSPS) is 12.0. The first-order valence-corrected chi connectivity index (χ1v) is 13.2. The lowest BCUT2D eigenvalue weighted by molar-refractivity contribution is 0.600. The number of hydrogen-bond donors (Lipinski definition) is 2. The number of fused-ring (bicyclic) bond motifs is 1. The zero-order valence-corrected chi connectivity index (χ0v) is 19.3. The monoisotopic (exact) mass is 522 g/mol. The third kappa shape index (κ3) is 4.36. The smallest absolute Gasteiger partial charge is 0.271 e. The van der Waals surface area contributed by atoms with Crippen molar-refractivity contribution in [3.8, 4) is 0 Å². The lowest BCUT2D eigenvalue weighted by Crippen LogP contribution is -2.14. The van der Waals surface area contributed by atoms with E-state index in [0.29, 0.717) is 9.47 Å². The molecule has 0 aliphatic rings. The second-order valence-electron chi connectivity index (χ2n) is 6.32. The van der Waals surface area contributed by atoms with Crippen LogP contribution in [0.5, 0.6) is 0 Å². The van der Waals surface area contributed by atoms with Gasteiger partial charge in [0, 0.05) is 11.1 Å². The first-order valence-electron chi connectivity index (χ1n) is 8.63. The van der Waals surface area contributed by atoms with Crippen molar-refractivity contribution in [2.45, 2.75) is 9.10 Å². The van der Waals surface area contributed by atoms with Crippen LogP contribution in [0.3, 0.4) is 0 Å². The number of hydrogen-bond acceptors (Lipinski definition) is 5. The van der Waals surface area contributed by atoms with Crippen molar-refractivity contribution in [3.63, 3.8) is 0 Å². The lowest BCUT2D eigenvalue weighted by atomic mass is 10.1. The van der Waals surface area contributed by atoms with Gasteiger partial charge in [-0.3, -0.25) is 9.44 Å². The van der Waals surface area contributed by atoms with E-state index >= 15 is 0 Å². The molecule has 0 atom stereocenters. The Bertz CT molecular complexity index is 1430. The molecule has 1 heterocycles. The van der Waals surface area contributed by atoms with Gasteiger partial charge in [-0.1, -0.05) is 36.4 Å². The van der Waals surface area contributed by atoms with Crippen molar-refractivity contribution in [2.24, 2.45) is 0 Å². The molecule has 2 N–H and O–H groups in total. The van der Waals surface area contributed by atoms with Crippen molar-refractivity contribution >= 4 is 69.5 Å². The summed E-state index contributed by atoms with van der Waals surface area (Å²) in [6.07, 6.45) is 0. The Balaban J connectivity index is 1.57. The van der Waals surface area contributed by atoms with Gasteiger partial charge in [-0.2, -0.15) is 0 Å². The molecule has 4 aromatic rings. The van der Waals surface area contributed by atoms with Gasteiger partial charge in [0.05, 0.1) is 14.4 Å². The molecule has 0 amide bonds. The summed E-state index contributed by atoms with van der Waals surface area (Å²) in [7, 11) is -7.59. The van der Waals surface area contributed by atoms with E-state index < -0.39 is 20.0 Å². The predicted molar refractivity (Wildman–Crippen MR) is 124 cm³/mol. The first-order chi connectivity index (χ1) is 14.2. The van der Waals surface area contributed by atoms with Crippen molar-refractivity contribution in [3.05, 3.63) is 82.6 Å². The van der Waals surface area contributed by atoms with Gasteiger partial charge in [0.25, 0.3) is 20.0 Å². The van der Waals surface area contributed by atoms with Crippen LogP contribution in [-0.4, -0.2) is 16.8 Å². The Morgan fingerprint density at radius 1 is 0.700 bits per heavy atom. The standard InChI is InChI=1S/C20H15BrN2O4S3/c21-19-12-13-20(28-19)30(26,27)22-15-8-10-16(11-9-15)29(24,25)23-18-7-3-5-14-4-1-2-6-17(14)18/h1-13,22-23H. The molecule has 1 aromatic heterocycles. The minimum absolute atomic E-state index is 0.0252. The molecule has 0 saturated heterocycles. The van der Waals surface area contributed by atoms with E-state index in [2.05, 4.69) is 25.4 Å². The fraction of sp³-hybridized carbons (Fsp3) is 0. The molecule has 3 aromatic carbocycles. The summed E-state index contributed by atoms with van der Waals surface area (Å²) >= 11 is 4.32. The van der Waals surface area contributed by atoms with Crippen LogP contribution < -0.4 is 9.44 Å². The Morgan fingerprint density at radius 3 is 2.10 bits per heavy atom. The third-order valence-electron chi connectivity index (χ3n) is 4.26. The Labute approximate surface area is 186 Å². The molecule has 0 spiro atoms. The minimum Gasteiger partial charge on any atom is -0.279 e. The summed E-state index contributed by atoms with van der Waals surface area (Å²) in [6.45, 7) is 0. The molecule has 0 bridgehead atoms. The summed E-state index contributed by atoms with van der Waals surface area (Å²) in [5.41, 5.74) is 0.741. The highest BCUT2D eigenvalue weighted by Crippen LogP contribution is 2.29. The van der Waals surface area contributed by atoms with Gasteiger partial charge in [-0.05, 0) is 63.8 Å². The zero-order chi connectivity index (χ0) is 21.4. The molecule has 6 nitrogen and oxygen atoms in total. The van der Waals surface area contributed by atoms with E-state index in [-0.39, 0.29) is 14.8 Å². The summed E-state index contributed by atoms with van der Waals surface area (Å²) in [5, 5.41) is 1.71. The van der Waals surface area contributed by atoms with E-state index in [1.165, 1.54) is 30.3 Å². The molecule has 10 heteroatoms. The van der Waals surface area contributed by atoms with E-state index in [0.717, 1.165) is 22.1 Å². The van der Waals surface area contributed by atoms with Gasteiger partial charge >= 0.3 is 0 Å². The van der Waals surface area contributed by atoms with E-state index in [1.54, 1.807) is 18.2 Å². The summed E-state index contributed by atoms with van der Waals surface area (Å²) < 4.78 is 56.4. The van der Waals surface area contributed by atoms with Gasteiger partial charge < -0.3 is 0 Å². The van der Waals surface area contributed by atoms with Crippen LogP contribution in [0.15, 0.2) is 91.8 Å². The van der Waals surface area contributed by atoms with Crippen LogP contribution in [0, 0.1) is 0 Å². The number of halogens is 1.